The van der Waals surface area contributed by atoms with Crippen LogP contribution in [0.3, 0.4) is 0 Å². The largest absolute Gasteiger partial charge is 0.388 e. The van der Waals surface area contributed by atoms with Gasteiger partial charge in [0.25, 0.3) is 0 Å². The van der Waals surface area contributed by atoms with Crippen LogP contribution in [0.4, 0.5) is 0 Å². The number of nitrogens with zero attached hydrogens (tertiary/aromatic N) is 1. The number of likely N-dealkylation sites (tertiary alicyclic amines) is 1. The zero-order valence-corrected chi connectivity index (χ0v) is 5.50. The average molecular weight is 129 g/mol. The highest BCUT2D eigenvalue weighted by Gasteiger charge is 2.54. The Morgan fingerprint density at radius 2 is 2.33 bits per heavy atom. The van der Waals surface area contributed by atoms with E-state index in [9.17, 15) is 5.11 Å². The molecule has 1 atom stereocenters. The molecule has 2 saturated heterocycles. The van der Waals surface area contributed by atoms with E-state index in [-0.39, 0.29) is 11.7 Å². The second-order valence-corrected chi connectivity index (χ2v) is 3.06. The molecule has 3 heteroatoms. The van der Waals surface area contributed by atoms with Crippen molar-refractivity contribution >= 4 is 0 Å². The van der Waals surface area contributed by atoms with Gasteiger partial charge in [-0.1, -0.05) is 0 Å². The standard InChI is InChI=1S/C6H11NO2/c1-7-3-6(4-7)5(8)2-9-6/h5,8H,2-4H2,1H3. The molecule has 0 bridgehead atoms. The molecule has 0 saturated carbocycles. The smallest absolute Gasteiger partial charge is 0.121 e. The maximum Gasteiger partial charge on any atom is 0.121 e. The second-order valence-electron chi connectivity index (χ2n) is 3.06. The van der Waals surface area contributed by atoms with Crippen LogP contribution in [0.15, 0.2) is 0 Å². The van der Waals surface area contributed by atoms with Gasteiger partial charge >= 0.3 is 0 Å². The summed E-state index contributed by atoms with van der Waals surface area (Å²) in [5.41, 5.74) is -0.144. The summed E-state index contributed by atoms with van der Waals surface area (Å²) in [5, 5.41) is 9.18. The summed E-state index contributed by atoms with van der Waals surface area (Å²) in [7, 11) is 2.03. The van der Waals surface area contributed by atoms with Gasteiger partial charge in [-0.05, 0) is 7.05 Å². The highest BCUT2D eigenvalue weighted by molar-refractivity contribution is 5.06. The van der Waals surface area contributed by atoms with E-state index >= 15 is 0 Å². The van der Waals surface area contributed by atoms with Crippen LogP contribution >= 0.6 is 0 Å². The van der Waals surface area contributed by atoms with Gasteiger partial charge in [0.1, 0.15) is 11.7 Å². The van der Waals surface area contributed by atoms with E-state index in [1.807, 2.05) is 7.05 Å². The Morgan fingerprint density at radius 3 is 2.44 bits per heavy atom. The van der Waals surface area contributed by atoms with Crippen molar-refractivity contribution in [1.29, 1.82) is 0 Å². The summed E-state index contributed by atoms with van der Waals surface area (Å²) >= 11 is 0. The average Bonchev–Trinajstić information content (AvgIpc) is 1.77. The van der Waals surface area contributed by atoms with E-state index in [4.69, 9.17) is 4.74 Å². The molecule has 9 heavy (non-hydrogen) atoms. The number of aliphatic hydroxyl groups excluding tert-OH is 1. The highest BCUT2D eigenvalue weighted by Crippen LogP contribution is 2.34. The van der Waals surface area contributed by atoms with Crippen LogP contribution in [0.25, 0.3) is 0 Å². The lowest BCUT2D eigenvalue weighted by atomic mass is 9.84. The number of ether oxygens (including phenoxy) is 1. The predicted molar refractivity (Wildman–Crippen MR) is 32.2 cm³/mol. The highest BCUT2D eigenvalue weighted by atomic mass is 16.6. The molecule has 0 aromatic heterocycles. The first-order chi connectivity index (χ1) is 4.23. The van der Waals surface area contributed by atoms with E-state index in [1.165, 1.54) is 0 Å². The molecule has 0 amide bonds. The van der Waals surface area contributed by atoms with Crippen LogP contribution < -0.4 is 0 Å². The summed E-state index contributed by atoms with van der Waals surface area (Å²) in [6.45, 7) is 2.33. The maximum absolute atomic E-state index is 9.18. The van der Waals surface area contributed by atoms with Gasteiger partial charge in [0, 0.05) is 13.1 Å². The molecule has 2 rings (SSSR count). The number of hydrogen-bond donors (Lipinski definition) is 1. The number of rotatable bonds is 0. The van der Waals surface area contributed by atoms with Gasteiger partial charge in [-0.25, -0.2) is 0 Å². The summed E-state index contributed by atoms with van der Waals surface area (Å²) < 4.78 is 5.25. The minimum atomic E-state index is -0.200. The molecule has 0 aliphatic carbocycles. The van der Waals surface area contributed by atoms with Crippen LogP contribution in [0.5, 0.6) is 0 Å². The number of hydrogen-bond acceptors (Lipinski definition) is 3. The molecule has 2 aliphatic rings. The third-order valence-corrected chi connectivity index (χ3v) is 2.21. The summed E-state index contributed by atoms with van der Waals surface area (Å²) in [5.74, 6) is 0. The Morgan fingerprint density at radius 1 is 1.67 bits per heavy atom. The van der Waals surface area contributed by atoms with Crippen molar-refractivity contribution in [1.82, 2.24) is 4.90 Å². The van der Waals surface area contributed by atoms with Gasteiger partial charge in [0.05, 0.1) is 6.61 Å². The fourth-order valence-corrected chi connectivity index (χ4v) is 1.56. The summed E-state index contributed by atoms with van der Waals surface area (Å²) in [6, 6.07) is 0. The molecule has 1 N–H and O–H groups in total. The van der Waals surface area contributed by atoms with Crippen LogP contribution in [0.1, 0.15) is 0 Å². The predicted octanol–water partition coefficient (Wildman–Crippen LogP) is -0.938. The van der Waals surface area contributed by atoms with Crippen LogP contribution in [0, 0.1) is 0 Å². The monoisotopic (exact) mass is 129 g/mol. The molecule has 2 aliphatic heterocycles. The molecule has 1 unspecified atom stereocenters. The van der Waals surface area contributed by atoms with Crippen molar-refractivity contribution in [3.8, 4) is 0 Å². The molecule has 2 heterocycles. The second kappa shape index (κ2) is 1.48. The summed E-state index contributed by atoms with van der Waals surface area (Å²) in [4.78, 5) is 2.14. The Balaban J connectivity index is 1.97. The van der Waals surface area contributed by atoms with Crippen molar-refractivity contribution in [3.63, 3.8) is 0 Å². The molecular formula is C6H11NO2. The van der Waals surface area contributed by atoms with Gasteiger partial charge < -0.3 is 14.7 Å². The van der Waals surface area contributed by atoms with Crippen LogP contribution in [-0.4, -0.2) is 48.5 Å². The van der Waals surface area contributed by atoms with Gasteiger partial charge in [-0.2, -0.15) is 0 Å². The van der Waals surface area contributed by atoms with Crippen molar-refractivity contribution in [2.75, 3.05) is 26.7 Å². The van der Waals surface area contributed by atoms with E-state index in [0.717, 1.165) is 13.1 Å². The van der Waals surface area contributed by atoms with E-state index < -0.39 is 0 Å². The number of likely N-dealkylation sites (N-methyl/N-ethyl adjacent to an activating group) is 1. The molecule has 1 spiro atoms. The summed E-state index contributed by atoms with van der Waals surface area (Å²) in [6.07, 6.45) is -0.200. The SMILES string of the molecule is CN1CC2(C1)OCC2O. The quantitative estimate of drug-likeness (QED) is 0.458. The van der Waals surface area contributed by atoms with Crippen molar-refractivity contribution < 1.29 is 9.84 Å². The fraction of sp³-hybridized carbons (Fsp3) is 1.00. The lowest BCUT2D eigenvalue weighted by molar-refractivity contribution is -0.287. The lowest BCUT2D eigenvalue weighted by Gasteiger charge is -2.56. The van der Waals surface area contributed by atoms with Crippen molar-refractivity contribution in [2.24, 2.45) is 0 Å². The normalized spacial score (nSPS) is 40.0. The molecule has 0 radical (unpaired) electrons. The van der Waals surface area contributed by atoms with E-state index in [1.54, 1.807) is 0 Å². The van der Waals surface area contributed by atoms with E-state index in [2.05, 4.69) is 4.90 Å². The van der Waals surface area contributed by atoms with Crippen LogP contribution in [-0.2, 0) is 4.74 Å². The van der Waals surface area contributed by atoms with Gasteiger partial charge in [-0.3, -0.25) is 0 Å². The third kappa shape index (κ3) is 0.569. The van der Waals surface area contributed by atoms with Gasteiger partial charge in [0.15, 0.2) is 0 Å². The Bertz CT molecular complexity index is 131. The van der Waals surface area contributed by atoms with Crippen molar-refractivity contribution in [2.45, 2.75) is 11.7 Å². The van der Waals surface area contributed by atoms with Crippen molar-refractivity contribution in [3.05, 3.63) is 0 Å². The minimum Gasteiger partial charge on any atom is -0.388 e. The topological polar surface area (TPSA) is 32.7 Å². The van der Waals surface area contributed by atoms with Gasteiger partial charge in [-0.15, -0.1) is 0 Å². The maximum atomic E-state index is 9.18. The molecule has 3 nitrogen and oxygen atoms in total. The lowest BCUT2D eigenvalue weighted by Crippen LogP contribution is -2.74. The first-order valence-corrected chi connectivity index (χ1v) is 3.23. The van der Waals surface area contributed by atoms with E-state index in [0.29, 0.717) is 6.61 Å². The first kappa shape index (κ1) is 5.65. The molecule has 2 fully saturated rings. The Labute approximate surface area is 54.2 Å². The Kier molecular flexibility index (Phi) is 0.928. The zero-order chi connectivity index (χ0) is 6.48. The van der Waals surface area contributed by atoms with Gasteiger partial charge in [0.2, 0.25) is 0 Å². The molecular weight excluding hydrogens is 118 g/mol. The van der Waals surface area contributed by atoms with Crippen LogP contribution in [0.2, 0.25) is 0 Å². The minimum absolute atomic E-state index is 0.144. The fourth-order valence-electron chi connectivity index (χ4n) is 1.56. The first-order valence-electron chi connectivity index (χ1n) is 3.23. The Hall–Kier alpha value is -0.120. The zero-order valence-electron chi connectivity index (χ0n) is 5.50. The molecule has 0 aromatic carbocycles. The molecule has 52 valence electrons. The number of aliphatic hydroxyl groups is 1. The third-order valence-electron chi connectivity index (χ3n) is 2.21. The molecule has 0 aromatic rings.